The van der Waals surface area contributed by atoms with Crippen molar-refractivity contribution in [2.24, 2.45) is 0 Å². The van der Waals surface area contributed by atoms with Crippen LogP contribution in [-0.4, -0.2) is 29.9 Å². The zero-order chi connectivity index (χ0) is 14.4. The summed E-state index contributed by atoms with van der Waals surface area (Å²) in [5.41, 5.74) is 0.122. The second kappa shape index (κ2) is 7.23. The van der Waals surface area contributed by atoms with Crippen molar-refractivity contribution in [1.29, 1.82) is 0 Å². The van der Waals surface area contributed by atoms with Gasteiger partial charge in [-0.15, -0.1) is 11.8 Å². The molecule has 0 aromatic heterocycles. The average Bonchev–Trinajstić information content (AvgIpc) is 2.40. The molecule has 0 aliphatic heterocycles. The molecule has 1 aromatic carbocycles. The van der Waals surface area contributed by atoms with Crippen LogP contribution in [0.15, 0.2) is 18.2 Å². The summed E-state index contributed by atoms with van der Waals surface area (Å²) in [6, 6.07) is 3.06. The van der Waals surface area contributed by atoms with E-state index in [0.29, 0.717) is 5.75 Å². The lowest BCUT2D eigenvalue weighted by Gasteiger charge is -2.10. The van der Waals surface area contributed by atoms with Crippen LogP contribution in [0.25, 0.3) is 0 Å². The largest absolute Gasteiger partial charge is 0.469 e. The third-order valence-corrected chi connectivity index (χ3v) is 3.63. The number of thioether (sulfide) groups is 1. The fourth-order valence-corrected chi connectivity index (χ4v) is 2.31. The predicted octanol–water partition coefficient (Wildman–Crippen LogP) is 2.83. The Hall–Kier alpha value is -1.43. The number of carbonyl (C=O) groups is 2. The summed E-state index contributed by atoms with van der Waals surface area (Å²) < 4.78 is 30.2. The lowest BCUT2D eigenvalue weighted by Crippen LogP contribution is -2.15. The van der Waals surface area contributed by atoms with E-state index < -0.39 is 16.9 Å². The molecule has 0 amide bonds. The van der Waals surface area contributed by atoms with E-state index in [9.17, 15) is 18.4 Å². The fraction of sp³-hybridized carbons (Fsp3) is 0.385. The Balaban J connectivity index is 2.56. The lowest BCUT2D eigenvalue weighted by molar-refractivity contribution is -0.140. The van der Waals surface area contributed by atoms with Gasteiger partial charge in [0.05, 0.1) is 18.8 Å². The summed E-state index contributed by atoms with van der Waals surface area (Å²) in [5.74, 6) is -2.24. The van der Waals surface area contributed by atoms with E-state index in [-0.39, 0.29) is 23.7 Å². The van der Waals surface area contributed by atoms with Gasteiger partial charge in [0.2, 0.25) is 0 Å². The Kier molecular flexibility index (Phi) is 5.95. The van der Waals surface area contributed by atoms with Crippen molar-refractivity contribution in [3.05, 3.63) is 35.4 Å². The zero-order valence-corrected chi connectivity index (χ0v) is 11.4. The molecule has 0 aliphatic carbocycles. The van der Waals surface area contributed by atoms with Crippen molar-refractivity contribution >= 4 is 23.5 Å². The number of halogens is 2. The third kappa shape index (κ3) is 4.63. The molecule has 0 saturated heterocycles. The second-order valence-corrected chi connectivity index (χ2v) is 5.28. The first-order valence-corrected chi connectivity index (χ1v) is 6.68. The highest BCUT2D eigenvalue weighted by Crippen LogP contribution is 2.18. The molecule has 1 rings (SSSR count). The van der Waals surface area contributed by atoms with Crippen LogP contribution < -0.4 is 0 Å². The minimum absolute atomic E-state index is 0.122. The maximum Gasteiger partial charge on any atom is 0.306 e. The van der Waals surface area contributed by atoms with E-state index in [0.717, 1.165) is 12.1 Å². The minimum Gasteiger partial charge on any atom is -0.469 e. The van der Waals surface area contributed by atoms with Crippen LogP contribution in [0.1, 0.15) is 23.7 Å². The average molecular weight is 288 g/mol. The maximum atomic E-state index is 13.0. The molecule has 1 aromatic rings. The van der Waals surface area contributed by atoms with Crippen LogP contribution >= 0.6 is 11.8 Å². The van der Waals surface area contributed by atoms with Gasteiger partial charge < -0.3 is 4.74 Å². The van der Waals surface area contributed by atoms with E-state index in [1.807, 2.05) is 0 Å². The molecular formula is C13H14F2O3S. The SMILES string of the molecule is COC(=O)CCSC(C)C(=O)c1ccc(F)c(F)c1. The number of carbonyl (C=O) groups excluding carboxylic acids is 2. The second-order valence-electron chi connectivity index (χ2n) is 3.83. The number of methoxy groups -OCH3 is 1. The van der Waals surface area contributed by atoms with Crippen molar-refractivity contribution in [2.45, 2.75) is 18.6 Å². The molecule has 0 N–H and O–H groups in total. The maximum absolute atomic E-state index is 13.0. The molecule has 0 heterocycles. The quantitative estimate of drug-likeness (QED) is 0.596. The Morgan fingerprint density at radius 2 is 2.00 bits per heavy atom. The van der Waals surface area contributed by atoms with Gasteiger partial charge in [0.1, 0.15) is 0 Å². The van der Waals surface area contributed by atoms with Gasteiger partial charge in [0.15, 0.2) is 17.4 Å². The van der Waals surface area contributed by atoms with E-state index in [4.69, 9.17) is 0 Å². The number of Topliss-reactive ketones (excluding diaryl/α,β-unsaturated/α-hetero) is 1. The van der Waals surface area contributed by atoms with Crippen LogP contribution in [0, 0.1) is 11.6 Å². The molecule has 0 saturated carbocycles. The summed E-state index contributed by atoms with van der Waals surface area (Å²) in [6.45, 7) is 1.66. The van der Waals surface area contributed by atoms with Crippen molar-refractivity contribution in [3.8, 4) is 0 Å². The van der Waals surface area contributed by atoms with E-state index >= 15 is 0 Å². The predicted molar refractivity (Wildman–Crippen MR) is 69.2 cm³/mol. The number of hydrogen-bond donors (Lipinski definition) is 0. The third-order valence-electron chi connectivity index (χ3n) is 2.48. The van der Waals surface area contributed by atoms with E-state index in [1.165, 1.54) is 24.9 Å². The number of ketones is 1. The number of hydrogen-bond acceptors (Lipinski definition) is 4. The van der Waals surface area contributed by atoms with Crippen LogP contribution in [0.3, 0.4) is 0 Å². The molecule has 1 unspecified atom stereocenters. The molecule has 104 valence electrons. The molecule has 0 bridgehead atoms. The summed E-state index contributed by atoms with van der Waals surface area (Å²) in [4.78, 5) is 22.8. The van der Waals surface area contributed by atoms with E-state index in [1.54, 1.807) is 6.92 Å². The van der Waals surface area contributed by atoms with Gasteiger partial charge in [-0.2, -0.15) is 0 Å². The molecule has 0 radical (unpaired) electrons. The molecule has 1 atom stereocenters. The zero-order valence-electron chi connectivity index (χ0n) is 10.6. The number of ether oxygens (including phenoxy) is 1. The van der Waals surface area contributed by atoms with Crippen LogP contribution in [0.5, 0.6) is 0 Å². The topological polar surface area (TPSA) is 43.4 Å². The first-order valence-electron chi connectivity index (χ1n) is 5.63. The highest BCUT2D eigenvalue weighted by atomic mass is 32.2. The summed E-state index contributed by atoms with van der Waals surface area (Å²) in [7, 11) is 1.29. The van der Waals surface area contributed by atoms with Gasteiger partial charge >= 0.3 is 5.97 Å². The number of rotatable bonds is 6. The fourth-order valence-electron chi connectivity index (χ4n) is 1.38. The number of benzene rings is 1. The number of esters is 1. The van der Waals surface area contributed by atoms with Crippen molar-refractivity contribution < 1.29 is 23.1 Å². The molecule has 0 fully saturated rings. The van der Waals surface area contributed by atoms with Crippen LogP contribution in [-0.2, 0) is 9.53 Å². The Bertz CT molecular complexity index is 477. The highest BCUT2D eigenvalue weighted by Gasteiger charge is 2.17. The summed E-state index contributed by atoms with van der Waals surface area (Å²) >= 11 is 1.27. The highest BCUT2D eigenvalue weighted by molar-refractivity contribution is 8.00. The molecule has 0 spiro atoms. The van der Waals surface area contributed by atoms with Crippen molar-refractivity contribution in [3.63, 3.8) is 0 Å². The van der Waals surface area contributed by atoms with Crippen LogP contribution in [0.2, 0.25) is 0 Å². The van der Waals surface area contributed by atoms with Crippen molar-refractivity contribution in [1.82, 2.24) is 0 Å². The first-order chi connectivity index (χ1) is 8.95. The van der Waals surface area contributed by atoms with Crippen LogP contribution in [0.4, 0.5) is 8.78 Å². The minimum atomic E-state index is -1.04. The van der Waals surface area contributed by atoms with Gasteiger partial charge in [-0.25, -0.2) is 8.78 Å². The monoisotopic (exact) mass is 288 g/mol. The Morgan fingerprint density at radius 1 is 1.32 bits per heavy atom. The Labute approximate surface area is 114 Å². The molecule has 3 nitrogen and oxygen atoms in total. The van der Waals surface area contributed by atoms with Gasteiger partial charge in [0.25, 0.3) is 0 Å². The normalized spacial score (nSPS) is 12.0. The molecule has 0 aliphatic rings. The van der Waals surface area contributed by atoms with Gasteiger partial charge in [-0.05, 0) is 25.1 Å². The standard InChI is InChI=1S/C13H14F2O3S/c1-8(19-6-5-12(16)18-2)13(17)9-3-4-10(14)11(15)7-9/h3-4,7-8H,5-6H2,1-2H3. The van der Waals surface area contributed by atoms with E-state index in [2.05, 4.69) is 4.74 Å². The van der Waals surface area contributed by atoms with Gasteiger partial charge in [-0.3, -0.25) is 9.59 Å². The van der Waals surface area contributed by atoms with Gasteiger partial charge in [-0.1, -0.05) is 0 Å². The Morgan fingerprint density at radius 3 is 2.58 bits per heavy atom. The lowest BCUT2D eigenvalue weighted by atomic mass is 10.1. The summed E-state index contributed by atoms with van der Waals surface area (Å²) in [5, 5.41) is -0.436. The smallest absolute Gasteiger partial charge is 0.306 e. The summed E-state index contributed by atoms with van der Waals surface area (Å²) in [6.07, 6.45) is 0.205. The van der Waals surface area contributed by atoms with Crippen molar-refractivity contribution in [2.75, 3.05) is 12.9 Å². The molecule has 6 heteroatoms. The van der Waals surface area contributed by atoms with Gasteiger partial charge in [0, 0.05) is 11.3 Å². The first kappa shape index (κ1) is 15.6. The molecular weight excluding hydrogens is 274 g/mol. The molecule has 19 heavy (non-hydrogen) atoms.